The number of hydrogen-bond acceptors (Lipinski definition) is 6. The average molecular weight is 477 g/mol. The van der Waals surface area contributed by atoms with E-state index in [4.69, 9.17) is 4.98 Å². The number of amides is 2. The number of aryl methyl sites for hydroxylation is 2. The van der Waals surface area contributed by atoms with Gasteiger partial charge >= 0.3 is 0 Å². The summed E-state index contributed by atoms with van der Waals surface area (Å²) in [6.45, 7) is 2.82. The highest BCUT2D eigenvalue weighted by molar-refractivity contribution is 7.99. The predicted molar refractivity (Wildman–Crippen MR) is 130 cm³/mol. The Morgan fingerprint density at radius 2 is 2.03 bits per heavy atom. The molecule has 0 aromatic carbocycles. The van der Waals surface area contributed by atoms with Crippen molar-refractivity contribution in [2.24, 2.45) is 0 Å². The summed E-state index contributed by atoms with van der Waals surface area (Å²) in [5, 5.41) is 4.32. The molecule has 0 aliphatic heterocycles. The zero-order valence-electron chi connectivity index (χ0n) is 18.9. The second-order valence-electron chi connectivity index (χ2n) is 8.83. The molecule has 2 aromatic heterocycles. The maximum atomic E-state index is 13.5. The van der Waals surface area contributed by atoms with Crippen LogP contribution in [0.1, 0.15) is 62.3 Å². The molecule has 0 unspecified atom stereocenters. The van der Waals surface area contributed by atoms with E-state index < -0.39 is 0 Å². The number of rotatable bonds is 10. The number of aromatic nitrogens is 2. The zero-order chi connectivity index (χ0) is 22.7. The number of carbonyl (C=O) groups is 2. The van der Waals surface area contributed by atoms with Crippen LogP contribution >= 0.6 is 23.1 Å². The van der Waals surface area contributed by atoms with Gasteiger partial charge in [0.15, 0.2) is 5.16 Å². The van der Waals surface area contributed by atoms with E-state index in [9.17, 15) is 14.4 Å². The number of carbonyl (C=O) groups excluding carboxylic acids is 2. The number of fused-ring (bicyclic) bond motifs is 3. The Bertz CT molecular complexity index is 1060. The predicted octanol–water partition coefficient (Wildman–Crippen LogP) is 3.36. The van der Waals surface area contributed by atoms with Crippen LogP contribution < -0.4 is 10.9 Å². The van der Waals surface area contributed by atoms with Crippen molar-refractivity contribution in [2.45, 2.75) is 82.5 Å². The molecule has 7 nitrogen and oxygen atoms in total. The van der Waals surface area contributed by atoms with E-state index in [0.717, 1.165) is 61.6 Å². The van der Waals surface area contributed by atoms with Crippen molar-refractivity contribution in [1.29, 1.82) is 0 Å². The van der Waals surface area contributed by atoms with Gasteiger partial charge in [-0.15, -0.1) is 11.3 Å². The van der Waals surface area contributed by atoms with Crippen molar-refractivity contribution >= 4 is 45.1 Å². The van der Waals surface area contributed by atoms with Crippen molar-refractivity contribution in [3.05, 3.63) is 20.8 Å². The smallest absolute Gasteiger partial charge is 0.263 e. The summed E-state index contributed by atoms with van der Waals surface area (Å²) in [6.07, 6.45) is 9.37. The fourth-order valence-corrected chi connectivity index (χ4v) is 6.36. The molecule has 2 aromatic rings. The molecular formula is C23H32N4O3S2. The molecule has 174 valence electrons. The number of hydrogen-bond donors (Lipinski definition) is 1. The first-order chi connectivity index (χ1) is 15.5. The summed E-state index contributed by atoms with van der Waals surface area (Å²) in [6, 6.07) is 0.283. The van der Waals surface area contributed by atoms with Crippen LogP contribution in [0.25, 0.3) is 10.2 Å². The fourth-order valence-electron chi connectivity index (χ4n) is 4.09. The van der Waals surface area contributed by atoms with Crippen LogP contribution in [-0.2, 0) is 29.0 Å². The van der Waals surface area contributed by atoms with Crippen LogP contribution in [0.5, 0.6) is 0 Å². The first kappa shape index (κ1) is 23.3. The van der Waals surface area contributed by atoms with E-state index in [-0.39, 0.29) is 35.7 Å². The van der Waals surface area contributed by atoms with Crippen LogP contribution in [0.15, 0.2) is 9.95 Å². The fraction of sp³-hybridized carbons (Fsp3) is 0.652. The van der Waals surface area contributed by atoms with Crippen molar-refractivity contribution in [3.63, 3.8) is 0 Å². The summed E-state index contributed by atoms with van der Waals surface area (Å²) in [4.78, 5) is 46.5. The quantitative estimate of drug-likeness (QED) is 0.323. The van der Waals surface area contributed by atoms with Crippen molar-refractivity contribution in [3.8, 4) is 0 Å². The summed E-state index contributed by atoms with van der Waals surface area (Å²) < 4.78 is 1.78. The molecule has 4 rings (SSSR count). The zero-order valence-corrected chi connectivity index (χ0v) is 20.6. The number of thiophene rings is 1. The van der Waals surface area contributed by atoms with Gasteiger partial charge in [0.1, 0.15) is 4.83 Å². The monoisotopic (exact) mass is 476 g/mol. The highest BCUT2D eigenvalue weighted by Crippen LogP contribution is 2.34. The van der Waals surface area contributed by atoms with E-state index in [1.807, 2.05) is 0 Å². The molecule has 1 saturated carbocycles. The van der Waals surface area contributed by atoms with Gasteiger partial charge in [-0.2, -0.15) is 0 Å². The van der Waals surface area contributed by atoms with Gasteiger partial charge in [0, 0.05) is 24.5 Å². The van der Waals surface area contributed by atoms with Crippen LogP contribution in [0.2, 0.25) is 0 Å². The Morgan fingerprint density at radius 1 is 1.25 bits per heavy atom. The number of likely N-dealkylation sites (N-methyl/N-ethyl adjacent to an activating group) is 1. The maximum Gasteiger partial charge on any atom is 0.263 e. The maximum absolute atomic E-state index is 13.5. The van der Waals surface area contributed by atoms with Crippen molar-refractivity contribution in [2.75, 3.05) is 19.3 Å². The lowest BCUT2D eigenvalue weighted by molar-refractivity contribution is -0.132. The van der Waals surface area contributed by atoms with E-state index in [1.54, 1.807) is 23.0 Å². The summed E-state index contributed by atoms with van der Waals surface area (Å²) >= 11 is 2.94. The number of unbranched alkanes of at least 4 members (excludes halogenated alkanes) is 2. The third kappa shape index (κ3) is 5.36. The van der Waals surface area contributed by atoms with Gasteiger partial charge in [0.2, 0.25) is 11.8 Å². The van der Waals surface area contributed by atoms with E-state index in [2.05, 4.69) is 12.2 Å². The topological polar surface area (TPSA) is 84.3 Å². The second-order valence-corrected chi connectivity index (χ2v) is 10.9. The lowest BCUT2D eigenvalue weighted by Crippen LogP contribution is -2.39. The summed E-state index contributed by atoms with van der Waals surface area (Å²) in [5.41, 5.74) is 1.24. The summed E-state index contributed by atoms with van der Waals surface area (Å²) in [7, 11) is 1.65. The SMILES string of the molecule is CCCCCn1c(SCC(=O)N(C)CC(=O)NC2CC2)nc2sc3c(c2c1=O)CCCC3. The van der Waals surface area contributed by atoms with Crippen molar-refractivity contribution < 1.29 is 9.59 Å². The number of nitrogens with zero attached hydrogens (tertiary/aromatic N) is 3. The molecule has 32 heavy (non-hydrogen) atoms. The molecular weight excluding hydrogens is 444 g/mol. The minimum Gasteiger partial charge on any atom is -0.352 e. The van der Waals surface area contributed by atoms with Gasteiger partial charge in [-0.25, -0.2) is 4.98 Å². The van der Waals surface area contributed by atoms with Gasteiger partial charge < -0.3 is 10.2 Å². The molecule has 2 heterocycles. The molecule has 2 aliphatic carbocycles. The van der Waals surface area contributed by atoms with Gasteiger partial charge in [-0.05, 0) is 50.5 Å². The van der Waals surface area contributed by atoms with Gasteiger partial charge in [-0.1, -0.05) is 31.5 Å². The molecule has 0 saturated heterocycles. The van der Waals surface area contributed by atoms with E-state index in [1.165, 1.54) is 33.5 Å². The third-order valence-electron chi connectivity index (χ3n) is 6.10. The molecule has 2 amide bonds. The molecule has 9 heteroatoms. The second kappa shape index (κ2) is 10.4. The molecule has 1 N–H and O–H groups in total. The normalized spacial score (nSPS) is 15.6. The molecule has 0 atom stereocenters. The Morgan fingerprint density at radius 3 is 2.78 bits per heavy atom. The third-order valence-corrected chi connectivity index (χ3v) is 8.25. The van der Waals surface area contributed by atoms with Gasteiger partial charge in [0.05, 0.1) is 17.7 Å². The molecule has 1 fully saturated rings. The number of thioether (sulfide) groups is 1. The first-order valence-corrected chi connectivity index (χ1v) is 13.5. The molecule has 2 aliphatic rings. The highest BCUT2D eigenvalue weighted by atomic mass is 32.2. The Labute approximate surface area is 197 Å². The molecule has 0 spiro atoms. The molecule has 0 bridgehead atoms. The molecule has 0 radical (unpaired) electrons. The van der Waals surface area contributed by atoms with Crippen LogP contribution in [-0.4, -0.2) is 51.7 Å². The Hall–Kier alpha value is -1.87. The minimum absolute atomic E-state index is 0.0395. The van der Waals surface area contributed by atoms with Crippen LogP contribution in [0.3, 0.4) is 0 Å². The van der Waals surface area contributed by atoms with Crippen LogP contribution in [0, 0.1) is 0 Å². The van der Waals surface area contributed by atoms with Gasteiger partial charge in [-0.3, -0.25) is 19.0 Å². The van der Waals surface area contributed by atoms with Gasteiger partial charge in [0.25, 0.3) is 5.56 Å². The lowest BCUT2D eigenvalue weighted by atomic mass is 9.97. The van der Waals surface area contributed by atoms with Crippen molar-refractivity contribution in [1.82, 2.24) is 19.8 Å². The average Bonchev–Trinajstić information content (AvgIpc) is 3.50. The largest absolute Gasteiger partial charge is 0.352 e. The minimum atomic E-state index is -0.138. The standard InChI is InChI=1S/C23H32N4O3S2/c1-3-4-7-12-27-22(30)20-16-8-5-6-9-17(16)32-21(20)25-23(27)31-14-19(29)26(2)13-18(28)24-15-10-11-15/h15H,3-14H2,1-2H3,(H,24,28). The summed E-state index contributed by atoms with van der Waals surface area (Å²) in [5.74, 6) is -0.0984. The number of nitrogens with one attached hydrogen (secondary N) is 1. The Balaban J connectivity index is 1.52. The Kier molecular flexibility index (Phi) is 7.55. The van der Waals surface area contributed by atoms with Crippen LogP contribution in [0.4, 0.5) is 0 Å². The van der Waals surface area contributed by atoms with E-state index >= 15 is 0 Å². The highest BCUT2D eigenvalue weighted by Gasteiger charge is 2.25. The lowest BCUT2D eigenvalue weighted by Gasteiger charge is -2.17. The first-order valence-electron chi connectivity index (χ1n) is 11.7. The van der Waals surface area contributed by atoms with E-state index in [0.29, 0.717) is 11.7 Å².